The molecule has 0 atom stereocenters. The molecule has 1 aliphatic heterocycles. The summed E-state index contributed by atoms with van der Waals surface area (Å²) in [6.07, 6.45) is 1.66. The summed E-state index contributed by atoms with van der Waals surface area (Å²) in [4.78, 5) is 30.3. The second kappa shape index (κ2) is 7.06. The molecule has 6 nitrogen and oxygen atoms in total. The van der Waals surface area contributed by atoms with Crippen molar-refractivity contribution >= 4 is 62.8 Å². The maximum atomic E-state index is 12.9. The van der Waals surface area contributed by atoms with Crippen LogP contribution in [0.15, 0.2) is 59.5 Å². The van der Waals surface area contributed by atoms with Gasteiger partial charge in [-0.25, -0.2) is 9.78 Å². The zero-order valence-electron chi connectivity index (χ0n) is 14.2. The van der Waals surface area contributed by atoms with E-state index in [-0.39, 0.29) is 27.2 Å². The Hall–Kier alpha value is -3.23. The maximum Gasteiger partial charge on any atom is 0.339 e. The van der Waals surface area contributed by atoms with Gasteiger partial charge in [0.1, 0.15) is 11.3 Å². The Bertz CT molecular complexity index is 1190. The van der Waals surface area contributed by atoms with E-state index in [0.29, 0.717) is 10.6 Å². The van der Waals surface area contributed by atoms with Crippen LogP contribution < -0.4 is 4.90 Å². The van der Waals surface area contributed by atoms with Crippen molar-refractivity contribution in [2.45, 2.75) is 0 Å². The van der Waals surface area contributed by atoms with E-state index in [1.807, 2.05) is 36.4 Å². The fourth-order valence-corrected chi connectivity index (χ4v) is 4.10. The normalized spacial score (nSPS) is 15.6. The van der Waals surface area contributed by atoms with Crippen molar-refractivity contribution in [2.75, 3.05) is 4.90 Å². The van der Waals surface area contributed by atoms with Crippen molar-refractivity contribution in [3.63, 3.8) is 0 Å². The number of carboxylic acid groups (broad SMARTS) is 1. The lowest BCUT2D eigenvalue weighted by atomic mass is 10.1. The highest BCUT2D eigenvalue weighted by Crippen LogP contribution is 2.37. The smallest absolute Gasteiger partial charge is 0.339 e. The number of para-hydroxylation sites is 1. The first-order valence-electron chi connectivity index (χ1n) is 8.14. The minimum absolute atomic E-state index is 0.277. The zero-order valence-corrected chi connectivity index (χ0v) is 15.8. The lowest BCUT2D eigenvalue weighted by Gasteiger charge is -2.15. The first-order valence-corrected chi connectivity index (χ1v) is 9.36. The number of amides is 1. The minimum atomic E-state index is -1.29. The number of aromatic nitrogens is 1. The summed E-state index contributed by atoms with van der Waals surface area (Å²) >= 11 is 6.42. The summed E-state index contributed by atoms with van der Waals surface area (Å²) in [6, 6.07) is 15.3. The van der Waals surface area contributed by atoms with Crippen molar-refractivity contribution < 1.29 is 19.8 Å². The predicted octanol–water partition coefficient (Wildman–Crippen LogP) is 4.04. The van der Waals surface area contributed by atoms with Gasteiger partial charge in [-0.15, -0.1) is 0 Å². The highest BCUT2D eigenvalue weighted by atomic mass is 32.2. The molecule has 4 rings (SSSR count). The molecule has 2 N–H and O–H groups in total. The SMILES string of the molecule is O=C(O)c1cc(N2C(=O)C(=Cc3ccc4ccccc4n3)SC2=S)ccc1O. The molecule has 138 valence electrons. The van der Waals surface area contributed by atoms with E-state index in [1.54, 1.807) is 6.08 Å². The van der Waals surface area contributed by atoms with E-state index in [0.717, 1.165) is 22.7 Å². The number of aromatic hydroxyl groups is 1. The number of thioether (sulfide) groups is 1. The van der Waals surface area contributed by atoms with Crippen LogP contribution in [-0.2, 0) is 4.79 Å². The Morgan fingerprint density at radius 1 is 1.14 bits per heavy atom. The largest absolute Gasteiger partial charge is 0.507 e. The number of phenols is 1. The Kier molecular flexibility index (Phi) is 4.58. The molecule has 1 saturated heterocycles. The van der Waals surface area contributed by atoms with Crippen LogP contribution in [0.2, 0.25) is 0 Å². The predicted molar refractivity (Wildman–Crippen MR) is 112 cm³/mol. The number of anilines is 1. The molecule has 1 aromatic heterocycles. The highest BCUT2D eigenvalue weighted by Gasteiger charge is 2.34. The van der Waals surface area contributed by atoms with Crippen LogP contribution in [0.25, 0.3) is 17.0 Å². The number of aromatic carboxylic acids is 1. The molecule has 2 heterocycles. The van der Waals surface area contributed by atoms with Gasteiger partial charge in [0.05, 0.1) is 21.8 Å². The molecule has 0 unspecified atom stereocenters. The molecular weight excluding hydrogens is 396 g/mol. The Balaban J connectivity index is 1.69. The third-order valence-electron chi connectivity index (χ3n) is 4.16. The Morgan fingerprint density at radius 2 is 1.93 bits per heavy atom. The number of pyridine rings is 1. The molecule has 0 aliphatic carbocycles. The molecule has 0 bridgehead atoms. The van der Waals surface area contributed by atoms with E-state index >= 15 is 0 Å². The third kappa shape index (κ3) is 3.23. The molecule has 1 fully saturated rings. The van der Waals surface area contributed by atoms with Gasteiger partial charge in [0.15, 0.2) is 4.32 Å². The van der Waals surface area contributed by atoms with Crippen LogP contribution in [0.5, 0.6) is 5.75 Å². The summed E-state index contributed by atoms with van der Waals surface area (Å²) in [5, 5.41) is 19.8. The topological polar surface area (TPSA) is 90.7 Å². The number of carbonyl (C=O) groups excluding carboxylic acids is 1. The van der Waals surface area contributed by atoms with Crippen molar-refractivity contribution in [2.24, 2.45) is 0 Å². The van der Waals surface area contributed by atoms with Crippen LogP contribution in [0, 0.1) is 0 Å². The number of rotatable bonds is 3. The van der Waals surface area contributed by atoms with Crippen molar-refractivity contribution in [1.82, 2.24) is 4.98 Å². The van der Waals surface area contributed by atoms with Gasteiger partial charge >= 0.3 is 5.97 Å². The standard InChI is InChI=1S/C20H12N2O4S2/c23-16-8-7-13(10-14(16)19(25)26)22-18(24)17(28-20(22)27)9-12-6-5-11-3-1-2-4-15(11)21-12/h1-10,23H,(H,25,26). The van der Waals surface area contributed by atoms with E-state index in [2.05, 4.69) is 4.98 Å². The van der Waals surface area contributed by atoms with E-state index < -0.39 is 5.97 Å². The molecule has 28 heavy (non-hydrogen) atoms. The average molecular weight is 408 g/mol. The van der Waals surface area contributed by atoms with Gasteiger partial charge in [-0.3, -0.25) is 9.69 Å². The number of nitrogens with zero attached hydrogens (tertiary/aromatic N) is 2. The molecule has 1 aliphatic rings. The molecule has 1 amide bonds. The van der Waals surface area contributed by atoms with E-state index in [1.165, 1.54) is 23.1 Å². The molecule has 8 heteroatoms. The monoisotopic (exact) mass is 408 g/mol. The number of fused-ring (bicyclic) bond motifs is 1. The van der Waals surface area contributed by atoms with Gasteiger partial charge in [0.25, 0.3) is 5.91 Å². The summed E-state index contributed by atoms with van der Waals surface area (Å²) in [7, 11) is 0. The second-order valence-electron chi connectivity index (χ2n) is 5.95. The van der Waals surface area contributed by atoms with Gasteiger partial charge < -0.3 is 10.2 Å². The molecule has 3 aromatic rings. The van der Waals surface area contributed by atoms with E-state index in [4.69, 9.17) is 12.2 Å². The zero-order chi connectivity index (χ0) is 19.8. The van der Waals surface area contributed by atoms with Gasteiger partial charge in [-0.05, 0) is 36.4 Å². The van der Waals surface area contributed by atoms with E-state index in [9.17, 15) is 19.8 Å². The molecule has 0 spiro atoms. The van der Waals surface area contributed by atoms with Crippen LogP contribution >= 0.6 is 24.0 Å². The number of thiocarbonyl (C=S) groups is 1. The quantitative estimate of drug-likeness (QED) is 0.499. The Labute approximate surface area is 169 Å². The molecule has 2 aromatic carbocycles. The fraction of sp³-hybridized carbons (Fsp3) is 0. The van der Waals surface area contributed by atoms with Crippen molar-refractivity contribution in [3.05, 3.63) is 70.8 Å². The number of benzene rings is 2. The summed E-state index contributed by atoms with van der Waals surface area (Å²) in [6.45, 7) is 0. The summed E-state index contributed by atoms with van der Waals surface area (Å²) in [5.41, 5.74) is 1.42. The highest BCUT2D eigenvalue weighted by molar-refractivity contribution is 8.27. The lowest BCUT2D eigenvalue weighted by Crippen LogP contribution is -2.27. The fourth-order valence-electron chi connectivity index (χ4n) is 2.82. The summed E-state index contributed by atoms with van der Waals surface area (Å²) in [5.74, 6) is -2.04. The van der Waals surface area contributed by atoms with Crippen molar-refractivity contribution in [3.8, 4) is 5.75 Å². The van der Waals surface area contributed by atoms with Gasteiger partial charge in [0.2, 0.25) is 0 Å². The third-order valence-corrected chi connectivity index (χ3v) is 5.46. The van der Waals surface area contributed by atoms with Crippen LogP contribution in [0.3, 0.4) is 0 Å². The minimum Gasteiger partial charge on any atom is -0.507 e. The van der Waals surface area contributed by atoms with Gasteiger partial charge in [0, 0.05) is 5.39 Å². The molecule has 0 radical (unpaired) electrons. The molecule has 0 saturated carbocycles. The van der Waals surface area contributed by atoms with Crippen LogP contribution in [0.1, 0.15) is 16.1 Å². The number of carbonyl (C=O) groups is 2. The number of carboxylic acids is 1. The second-order valence-corrected chi connectivity index (χ2v) is 7.63. The summed E-state index contributed by atoms with van der Waals surface area (Å²) < 4.78 is 0.277. The molecular formula is C20H12N2O4S2. The average Bonchev–Trinajstić information content (AvgIpc) is 2.95. The van der Waals surface area contributed by atoms with Crippen LogP contribution in [0.4, 0.5) is 5.69 Å². The maximum absolute atomic E-state index is 12.9. The van der Waals surface area contributed by atoms with Crippen molar-refractivity contribution in [1.29, 1.82) is 0 Å². The lowest BCUT2D eigenvalue weighted by molar-refractivity contribution is -0.113. The number of hydrogen-bond acceptors (Lipinski definition) is 6. The first-order chi connectivity index (χ1) is 13.4. The number of hydrogen-bond donors (Lipinski definition) is 2. The van der Waals surface area contributed by atoms with Gasteiger partial charge in [-0.1, -0.05) is 48.2 Å². The van der Waals surface area contributed by atoms with Crippen LogP contribution in [-0.4, -0.2) is 31.4 Å². The Morgan fingerprint density at radius 3 is 2.71 bits per heavy atom. The first kappa shape index (κ1) is 18.1. The van der Waals surface area contributed by atoms with Gasteiger partial charge in [-0.2, -0.15) is 0 Å².